The van der Waals surface area contributed by atoms with E-state index in [0.29, 0.717) is 17.9 Å². The lowest BCUT2D eigenvalue weighted by molar-refractivity contribution is -0.175. The highest BCUT2D eigenvalue weighted by atomic mass is 19.4. The molecule has 0 radical (unpaired) electrons. The second-order valence-corrected chi connectivity index (χ2v) is 5.48. The summed E-state index contributed by atoms with van der Waals surface area (Å²) in [5, 5.41) is 10.5. The number of benzene rings is 2. The minimum atomic E-state index is -5.14. The number of halogens is 3. The number of aliphatic carboxylic acids is 1. The van der Waals surface area contributed by atoms with Gasteiger partial charge >= 0.3 is 18.1 Å². The lowest BCUT2D eigenvalue weighted by atomic mass is 10.1. The predicted molar refractivity (Wildman–Crippen MR) is 86.5 cm³/mol. The van der Waals surface area contributed by atoms with Crippen LogP contribution in [0.15, 0.2) is 54.6 Å². The molecule has 2 N–H and O–H groups in total. The van der Waals surface area contributed by atoms with Crippen molar-refractivity contribution in [1.82, 2.24) is 5.32 Å². The fraction of sp³-hybridized carbons (Fsp3) is 0.222. The number of carbonyl (C=O) groups is 2. The maximum atomic E-state index is 12.3. The van der Waals surface area contributed by atoms with E-state index in [0.717, 1.165) is 5.56 Å². The highest BCUT2D eigenvalue weighted by Gasteiger charge is 2.40. The summed E-state index contributed by atoms with van der Waals surface area (Å²) in [5.41, 5.74) is 1.42. The molecule has 0 saturated carbocycles. The molecule has 2 aromatic carbocycles. The smallest absolute Gasteiger partial charge is 0.471 e. The van der Waals surface area contributed by atoms with Crippen LogP contribution in [0.4, 0.5) is 13.2 Å². The van der Waals surface area contributed by atoms with E-state index in [2.05, 4.69) is 0 Å². The molecular formula is C18H16F3NO4. The number of hydrogen-bond acceptors (Lipinski definition) is 3. The third-order valence-electron chi connectivity index (χ3n) is 3.47. The summed E-state index contributed by atoms with van der Waals surface area (Å²) in [5.74, 6) is -3.30. The second kappa shape index (κ2) is 8.37. The van der Waals surface area contributed by atoms with Crippen molar-refractivity contribution in [3.05, 3.63) is 65.7 Å². The summed E-state index contributed by atoms with van der Waals surface area (Å²) in [6.45, 7) is 0.347. The lowest BCUT2D eigenvalue weighted by Gasteiger charge is -2.16. The third-order valence-corrected chi connectivity index (χ3v) is 3.47. The Balaban J connectivity index is 1.95. The zero-order chi connectivity index (χ0) is 19.2. The van der Waals surface area contributed by atoms with Gasteiger partial charge in [-0.05, 0) is 23.3 Å². The molecule has 8 heteroatoms. The summed E-state index contributed by atoms with van der Waals surface area (Å²) in [4.78, 5) is 22.0. The Morgan fingerprint density at radius 1 is 1.00 bits per heavy atom. The Morgan fingerprint density at radius 2 is 1.62 bits per heavy atom. The molecule has 0 aromatic heterocycles. The van der Waals surface area contributed by atoms with Crippen molar-refractivity contribution in [2.24, 2.45) is 0 Å². The molecule has 0 aliphatic carbocycles. The van der Waals surface area contributed by atoms with Crippen LogP contribution in [0, 0.1) is 0 Å². The van der Waals surface area contributed by atoms with Gasteiger partial charge in [0.05, 0.1) is 0 Å². The van der Waals surface area contributed by atoms with Crippen LogP contribution >= 0.6 is 0 Å². The first-order valence-corrected chi connectivity index (χ1v) is 7.62. The topological polar surface area (TPSA) is 75.6 Å². The van der Waals surface area contributed by atoms with Crippen LogP contribution < -0.4 is 10.1 Å². The van der Waals surface area contributed by atoms with Crippen molar-refractivity contribution < 1.29 is 32.6 Å². The molecule has 0 saturated heterocycles. The van der Waals surface area contributed by atoms with Crippen LogP contribution in [0.25, 0.3) is 0 Å². The average Bonchev–Trinajstić information content (AvgIpc) is 2.60. The monoisotopic (exact) mass is 367 g/mol. The SMILES string of the molecule is O=C(O)[C@H](Cc1ccc(OCc2ccccc2)cc1)NC(=O)C(F)(F)F. The van der Waals surface area contributed by atoms with Gasteiger partial charge in [-0.25, -0.2) is 4.79 Å². The van der Waals surface area contributed by atoms with Gasteiger partial charge in [0.25, 0.3) is 0 Å². The molecule has 0 unspecified atom stereocenters. The minimum absolute atomic E-state index is 0.282. The fourth-order valence-corrected chi connectivity index (χ4v) is 2.14. The van der Waals surface area contributed by atoms with Crippen molar-refractivity contribution in [3.8, 4) is 5.75 Å². The van der Waals surface area contributed by atoms with E-state index in [1.165, 1.54) is 17.4 Å². The highest BCUT2D eigenvalue weighted by Crippen LogP contribution is 2.17. The number of amides is 1. The number of carboxylic acids is 1. The molecule has 1 amide bonds. The number of ether oxygens (including phenoxy) is 1. The molecule has 0 fully saturated rings. The van der Waals surface area contributed by atoms with E-state index in [1.54, 1.807) is 12.1 Å². The van der Waals surface area contributed by atoms with E-state index in [-0.39, 0.29) is 6.42 Å². The molecule has 26 heavy (non-hydrogen) atoms. The van der Waals surface area contributed by atoms with E-state index in [4.69, 9.17) is 9.84 Å². The summed E-state index contributed by atoms with van der Waals surface area (Å²) in [6, 6.07) is 14.0. The molecule has 138 valence electrons. The van der Waals surface area contributed by atoms with Gasteiger partial charge in [0.2, 0.25) is 0 Å². The zero-order valence-electron chi connectivity index (χ0n) is 13.5. The van der Waals surface area contributed by atoms with Crippen molar-refractivity contribution in [3.63, 3.8) is 0 Å². The molecule has 0 bridgehead atoms. The van der Waals surface area contributed by atoms with Crippen LogP contribution in [0.2, 0.25) is 0 Å². The van der Waals surface area contributed by atoms with Crippen LogP contribution in [0.3, 0.4) is 0 Å². The number of carboxylic acid groups (broad SMARTS) is 1. The summed E-state index contributed by atoms with van der Waals surface area (Å²) < 4.78 is 42.4. The Kier molecular flexibility index (Phi) is 6.21. The molecule has 0 spiro atoms. The number of carbonyl (C=O) groups excluding carboxylic acids is 1. The first-order valence-electron chi connectivity index (χ1n) is 7.62. The van der Waals surface area contributed by atoms with Gasteiger partial charge in [0.15, 0.2) is 0 Å². The molecule has 0 heterocycles. The maximum Gasteiger partial charge on any atom is 0.471 e. The predicted octanol–water partition coefficient (Wildman–Crippen LogP) is 2.94. The molecule has 2 aromatic rings. The summed E-state index contributed by atoms with van der Waals surface area (Å²) >= 11 is 0. The number of nitrogens with one attached hydrogen (secondary N) is 1. The van der Waals surface area contributed by atoms with Crippen molar-refractivity contribution >= 4 is 11.9 Å². The average molecular weight is 367 g/mol. The molecule has 2 rings (SSSR count). The number of hydrogen-bond donors (Lipinski definition) is 2. The maximum absolute atomic E-state index is 12.3. The molecular weight excluding hydrogens is 351 g/mol. The first kappa shape index (κ1) is 19.3. The number of rotatable bonds is 7. The Bertz CT molecular complexity index is 745. The van der Waals surface area contributed by atoms with E-state index in [9.17, 15) is 22.8 Å². The molecule has 1 atom stereocenters. The van der Waals surface area contributed by atoms with Crippen LogP contribution in [0.5, 0.6) is 5.75 Å². The largest absolute Gasteiger partial charge is 0.489 e. The van der Waals surface area contributed by atoms with E-state index in [1.807, 2.05) is 30.3 Å². The quantitative estimate of drug-likeness (QED) is 0.789. The zero-order valence-corrected chi connectivity index (χ0v) is 13.5. The Labute approximate surface area is 147 Å². The normalized spacial score (nSPS) is 12.3. The van der Waals surface area contributed by atoms with Crippen LogP contribution in [-0.2, 0) is 22.6 Å². The fourth-order valence-electron chi connectivity index (χ4n) is 2.14. The Morgan fingerprint density at radius 3 is 2.15 bits per heavy atom. The van der Waals surface area contributed by atoms with Crippen LogP contribution in [0.1, 0.15) is 11.1 Å². The standard InChI is InChI=1S/C18H16F3NO4/c19-18(20,21)17(25)22-15(16(23)24)10-12-6-8-14(9-7-12)26-11-13-4-2-1-3-5-13/h1-9,15H,10-11H2,(H,22,25)(H,23,24)/t15-/m0/s1. The van der Waals surface area contributed by atoms with Crippen molar-refractivity contribution in [2.45, 2.75) is 25.2 Å². The van der Waals surface area contributed by atoms with Gasteiger partial charge in [-0.2, -0.15) is 13.2 Å². The minimum Gasteiger partial charge on any atom is -0.489 e. The van der Waals surface area contributed by atoms with Crippen LogP contribution in [-0.4, -0.2) is 29.2 Å². The van der Waals surface area contributed by atoms with Crippen molar-refractivity contribution in [1.29, 1.82) is 0 Å². The molecule has 5 nitrogen and oxygen atoms in total. The third kappa shape index (κ3) is 5.80. The lowest BCUT2D eigenvalue weighted by Crippen LogP contribution is -2.47. The van der Waals surface area contributed by atoms with Crippen molar-refractivity contribution in [2.75, 3.05) is 0 Å². The van der Waals surface area contributed by atoms with E-state index >= 15 is 0 Å². The Hall–Kier alpha value is -3.03. The number of alkyl halides is 3. The second-order valence-electron chi connectivity index (χ2n) is 5.48. The highest BCUT2D eigenvalue weighted by molar-refractivity contribution is 5.87. The van der Waals surface area contributed by atoms with E-state index < -0.39 is 24.1 Å². The summed E-state index contributed by atoms with van der Waals surface area (Å²) in [6.07, 6.45) is -5.42. The molecule has 0 aliphatic rings. The van der Waals surface area contributed by atoms with Gasteiger partial charge in [-0.3, -0.25) is 4.79 Å². The van der Waals surface area contributed by atoms with Gasteiger partial charge in [-0.15, -0.1) is 0 Å². The van der Waals surface area contributed by atoms with Gasteiger partial charge in [0, 0.05) is 6.42 Å². The first-order chi connectivity index (χ1) is 12.3. The van der Waals surface area contributed by atoms with Gasteiger partial charge in [0.1, 0.15) is 18.4 Å². The van der Waals surface area contributed by atoms with Gasteiger partial charge in [-0.1, -0.05) is 42.5 Å². The molecule has 0 aliphatic heterocycles. The summed E-state index contributed by atoms with van der Waals surface area (Å²) in [7, 11) is 0. The van der Waals surface area contributed by atoms with Gasteiger partial charge < -0.3 is 15.2 Å².